The minimum absolute atomic E-state index is 0.0845. The van der Waals surface area contributed by atoms with Gasteiger partial charge in [-0.05, 0) is 37.2 Å². The topological polar surface area (TPSA) is 68.5 Å². The molecule has 6 nitrogen and oxygen atoms in total. The lowest BCUT2D eigenvalue weighted by Crippen LogP contribution is -2.47. The number of ether oxygens (including phenoxy) is 1. The molecule has 0 spiro atoms. The predicted octanol–water partition coefficient (Wildman–Crippen LogP) is 3.55. The number of benzene rings is 1. The van der Waals surface area contributed by atoms with E-state index in [1.165, 1.54) is 0 Å². The zero-order chi connectivity index (χ0) is 20.3. The van der Waals surface area contributed by atoms with Crippen molar-refractivity contribution in [2.75, 3.05) is 19.7 Å². The summed E-state index contributed by atoms with van der Waals surface area (Å²) in [6.07, 6.45) is 5.41. The molecular weight excluding hydrogens is 366 g/mol. The first-order chi connectivity index (χ1) is 14.1. The van der Waals surface area contributed by atoms with Crippen LogP contribution in [0.4, 0.5) is 0 Å². The van der Waals surface area contributed by atoms with Crippen LogP contribution in [0.5, 0.6) is 0 Å². The van der Waals surface area contributed by atoms with Gasteiger partial charge >= 0.3 is 0 Å². The van der Waals surface area contributed by atoms with E-state index >= 15 is 0 Å². The summed E-state index contributed by atoms with van der Waals surface area (Å²) in [6, 6.07) is 10.2. The Bertz CT molecular complexity index is 814. The molecule has 6 heteroatoms. The molecule has 156 valence electrons. The van der Waals surface area contributed by atoms with E-state index < -0.39 is 0 Å². The van der Waals surface area contributed by atoms with Crippen LogP contribution < -0.4 is 0 Å². The summed E-state index contributed by atoms with van der Waals surface area (Å²) in [7, 11) is 0. The Morgan fingerprint density at radius 3 is 2.83 bits per heavy atom. The molecule has 2 aliphatic rings. The molecular formula is C23H31N3O3. The van der Waals surface area contributed by atoms with Crippen LogP contribution in [0.3, 0.4) is 0 Å². The van der Waals surface area contributed by atoms with Crippen molar-refractivity contribution in [1.82, 2.24) is 15.0 Å². The molecule has 0 radical (unpaired) electrons. The number of nitrogens with zero attached hydrogens (tertiary/aromatic N) is 3. The number of carbonyl (C=O) groups is 1. The molecule has 1 saturated carbocycles. The molecule has 29 heavy (non-hydrogen) atoms. The van der Waals surface area contributed by atoms with Crippen molar-refractivity contribution in [3.05, 3.63) is 47.6 Å². The normalized spacial score (nSPS) is 20.8. The van der Waals surface area contributed by atoms with Gasteiger partial charge in [0.05, 0.1) is 18.1 Å². The third-order valence-corrected chi connectivity index (χ3v) is 5.92. The standard InChI is InChI=1S/C23H31N3O3/c1-17(2)15-21-24-20(25-29-21)10-14-28-19-9-6-13-26(16-19)22(27)23(11-12-23)18-7-4-3-5-8-18/h3-5,7-8,17,19H,6,9-16H2,1-2H3. The lowest BCUT2D eigenvalue weighted by molar-refractivity contribution is -0.138. The van der Waals surface area contributed by atoms with E-state index in [9.17, 15) is 4.79 Å². The van der Waals surface area contributed by atoms with Gasteiger partial charge in [0.2, 0.25) is 11.8 Å². The Morgan fingerprint density at radius 2 is 2.10 bits per heavy atom. The van der Waals surface area contributed by atoms with Crippen LogP contribution in [0.15, 0.2) is 34.9 Å². The lowest BCUT2D eigenvalue weighted by atomic mass is 9.93. The van der Waals surface area contributed by atoms with E-state index in [0.29, 0.717) is 37.2 Å². The number of piperidine rings is 1. The molecule has 4 rings (SSSR count). The Balaban J connectivity index is 1.28. The molecule has 1 atom stereocenters. The van der Waals surface area contributed by atoms with Gasteiger partial charge in [-0.3, -0.25) is 4.79 Å². The molecule has 2 aromatic rings. The molecule has 1 aromatic carbocycles. The summed E-state index contributed by atoms with van der Waals surface area (Å²) in [5, 5.41) is 4.04. The fourth-order valence-corrected chi connectivity index (χ4v) is 4.21. The summed E-state index contributed by atoms with van der Waals surface area (Å²) in [4.78, 5) is 19.7. The summed E-state index contributed by atoms with van der Waals surface area (Å²) in [5.74, 6) is 2.16. The number of aromatic nitrogens is 2. The van der Waals surface area contributed by atoms with Gasteiger partial charge in [-0.1, -0.05) is 49.3 Å². The smallest absolute Gasteiger partial charge is 0.233 e. The molecule has 2 fully saturated rings. The van der Waals surface area contributed by atoms with Gasteiger partial charge in [-0.25, -0.2) is 0 Å². The highest BCUT2D eigenvalue weighted by atomic mass is 16.5. The molecule has 1 aliphatic carbocycles. The molecule has 1 amide bonds. The van der Waals surface area contributed by atoms with E-state index in [1.807, 2.05) is 23.1 Å². The fraction of sp³-hybridized carbons (Fsp3) is 0.609. The molecule has 0 bridgehead atoms. The van der Waals surface area contributed by atoms with Gasteiger partial charge in [0.15, 0.2) is 5.82 Å². The van der Waals surface area contributed by atoms with Crippen LogP contribution in [0.25, 0.3) is 0 Å². The van der Waals surface area contributed by atoms with Gasteiger partial charge in [0.25, 0.3) is 0 Å². The molecule has 1 unspecified atom stereocenters. The maximum atomic E-state index is 13.3. The van der Waals surface area contributed by atoms with Crippen LogP contribution >= 0.6 is 0 Å². The zero-order valence-electron chi connectivity index (χ0n) is 17.5. The fourth-order valence-electron chi connectivity index (χ4n) is 4.21. The Labute approximate surface area is 172 Å². The van der Waals surface area contributed by atoms with E-state index in [1.54, 1.807) is 0 Å². The highest BCUT2D eigenvalue weighted by molar-refractivity contribution is 5.91. The molecule has 1 aromatic heterocycles. The van der Waals surface area contributed by atoms with Crippen molar-refractivity contribution in [2.24, 2.45) is 5.92 Å². The van der Waals surface area contributed by atoms with Gasteiger partial charge < -0.3 is 14.2 Å². The van der Waals surface area contributed by atoms with Crippen LogP contribution in [-0.2, 0) is 27.8 Å². The van der Waals surface area contributed by atoms with Crippen molar-refractivity contribution in [2.45, 2.75) is 63.9 Å². The SMILES string of the molecule is CC(C)Cc1nc(CCOC2CCCN(C(=O)C3(c4ccccc4)CC3)C2)no1. The first-order valence-electron chi connectivity index (χ1n) is 10.8. The summed E-state index contributed by atoms with van der Waals surface area (Å²) < 4.78 is 11.4. The maximum absolute atomic E-state index is 13.3. The highest BCUT2D eigenvalue weighted by Crippen LogP contribution is 2.49. The van der Waals surface area contributed by atoms with E-state index in [0.717, 1.165) is 44.2 Å². The largest absolute Gasteiger partial charge is 0.376 e. The quantitative estimate of drug-likeness (QED) is 0.681. The maximum Gasteiger partial charge on any atom is 0.233 e. The summed E-state index contributed by atoms with van der Waals surface area (Å²) >= 11 is 0. The van der Waals surface area contributed by atoms with Gasteiger partial charge in [0.1, 0.15) is 0 Å². The third kappa shape index (κ3) is 4.69. The third-order valence-electron chi connectivity index (χ3n) is 5.92. The number of amides is 1. The molecule has 0 N–H and O–H groups in total. The molecule has 1 saturated heterocycles. The highest BCUT2D eigenvalue weighted by Gasteiger charge is 2.53. The van der Waals surface area contributed by atoms with Crippen molar-refractivity contribution < 1.29 is 14.1 Å². The number of carbonyl (C=O) groups excluding carboxylic acids is 1. The average molecular weight is 398 g/mol. The van der Waals surface area contributed by atoms with Crippen LogP contribution in [0.1, 0.15) is 56.8 Å². The second-order valence-electron chi connectivity index (χ2n) is 8.79. The number of likely N-dealkylation sites (tertiary alicyclic amines) is 1. The van der Waals surface area contributed by atoms with Crippen molar-refractivity contribution >= 4 is 5.91 Å². The van der Waals surface area contributed by atoms with E-state index in [2.05, 4.69) is 36.1 Å². The van der Waals surface area contributed by atoms with Gasteiger partial charge in [-0.15, -0.1) is 0 Å². The van der Waals surface area contributed by atoms with E-state index in [4.69, 9.17) is 9.26 Å². The zero-order valence-corrected chi connectivity index (χ0v) is 17.5. The lowest BCUT2D eigenvalue weighted by Gasteiger charge is -2.35. The van der Waals surface area contributed by atoms with Crippen LogP contribution in [0.2, 0.25) is 0 Å². The Hall–Kier alpha value is -2.21. The second-order valence-corrected chi connectivity index (χ2v) is 8.79. The Morgan fingerprint density at radius 1 is 1.31 bits per heavy atom. The van der Waals surface area contributed by atoms with Crippen molar-refractivity contribution in [3.8, 4) is 0 Å². The minimum Gasteiger partial charge on any atom is -0.376 e. The monoisotopic (exact) mass is 397 g/mol. The van der Waals surface area contributed by atoms with Crippen molar-refractivity contribution in [3.63, 3.8) is 0 Å². The summed E-state index contributed by atoms with van der Waals surface area (Å²) in [5.41, 5.74) is 0.864. The average Bonchev–Trinajstić information content (AvgIpc) is 3.43. The van der Waals surface area contributed by atoms with Crippen LogP contribution in [-0.4, -0.2) is 46.7 Å². The first kappa shape index (κ1) is 20.1. The van der Waals surface area contributed by atoms with Gasteiger partial charge in [0, 0.05) is 25.9 Å². The minimum atomic E-state index is -0.291. The van der Waals surface area contributed by atoms with Crippen molar-refractivity contribution in [1.29, 1.82) is 0 Å². The predicted molar refractivity (Wildman–Crippen MR) is 109 cm³/mol. The number of hydrogen-bond acceptors (Lipinski definition) is 5. The molecule has 2 heterocycles. The van der Waals surface area contributed by atoms with E-state index in [-0.39, 0.29) is 17.4 Å². The van der Waals surface area contributed by atoms with Crippen LogP contribution in [0, 0.1) is 5.92 Å². The number of rotatable bonds is 8. The first-order valence-corrected chi connectivity index (χ1v) is 10.8. The molecule has 1 aliphatic heterocycles. The Kier molecular flexibility index (Phi) is 5.99. The second kappa shape index (κ2) is 8.66. The number of hydrogen-bond donors (Lipinski definition) is 0. The van der Waals surface area contributed by atoms with Gasteiger partial charge in [-0.2, -0.15) is 4.98 Å². The summed E-state index contributed by atoms with van der Waals surface area (Å²) in [6.45, 7) is 6.32.